The number of hydrogen-bond acceptors (Lipinski definition) is 9. The molecule has 0 radical (unpaired) electrons. The summed E-state index contributed by atoms with van der Waals surface area (Å²) in [4.78, 5) is 49.6. The number of phenolic OH excluding ortho intramolecular Hbond substituents is 1. The number of amides is 3. The minimum absolute atomic E-state index is 0.0156. The fourth-order valence-electron chi connectivity index (χ4n) is 3.11. The number of aliphatic carboxylic acids is 1. The quantitative estimate of drug-likeness (QED) is 0.0957. The highest BCUT2D eigenvalue weighted by Gasteiger charge is 2.32. The Hall–Kier alpha value is -2.87. The van der Waals surface area contributed by atoms with E-state index in [-0.39, 0.29) is 24.3 Å². The van der Waals surface area contributed by atoms with Gasteiger partial charge in [0.15, 0.2) is 0 Å². The molecule has 5 atom stereocenters. The van der Waals surface area contributed by atoms with Crippen LogP contribution in [-0.4, -0.2) is 81.6 Å². The lowest BCUT2D eigenvalue weighted by molar-refractivity contribution is -0.142. The maximum absolute atomic E-state index is 13.0. The van der Waals surface area contributed by atoms with Crippen LogP contribution in [0.2, 0.25) is 0 Å². The molecule has 0 fully saturated rings. The summed E-state index contributed by atoms with van der Waals surface area (Å²) >= 11 is 3.93. The molecule has 5 unspecified atom stereocenters. The minimum atomic E-state index is -1.40. The molecule has 0 aliphatic carbocycles. The van der Waals surface area contributed by atoms with Crippen molar-refractivity contribution in [3.8, 4) is 5.75 Å². The molecule has 0 aromatic heterocycles. The van der Waals surface area contributed by atoms with Gasteiger partial charge in [0.1, 0.15) is 23.9 Å². The third-order valence-corrected chi connectivity index (χ3v) is 5.56. The largest absolute Gasteiger partial charge is 0.508 e. The third kappa shape index (κ3) is 10.5. The number of thiol groups is 1. The average Bonchev–Trinajstić information content (AvgIpc) is 2.81. The molecule has 0 saturated heterocycles. The fraction of sp³-hybridized carbons (Fsp3) is 0.545. The molecule has 1 aromatic rings. The van der Waals surface area contributed by atoms with E-state index in [9.17, 15) is 34.5 Å². The molecule has 0 bridgehead atoms. The number of hydrogen-bond donors (Lipinski definition) is 9. The SMILES string of the molecule is CC(O)C(NC(=O)C(N)CS)C(=O)NC(CCCCN)C(=O)NC(Cc1ccc(O)cc1)C(=O)O. The number of carbonyl (C=O) groups is 4. The number of carbonyl (C=O) groups excluding carboxylic acids is 3. The van der Waals surface area contributed by atoms with Gasteiger partial charge in [-0.15, -0.1) is 0 Å². The summed E-state index contributed by atoms with van der Waals surface area (Å²) in [6.07, 6.45) is -0.195. The number of nitrogens with two attached hydrogens (primary N) is 2. The molecule has 0 aliphatic heterocycles. The van der Waals surface area contributed by atoms with Crippen molar-refractivity contribution in [2.45, 2.75) is 62.9 Å². The summed E-state index contributed by atoms with van der Waals surface area (Å²) in [5.41, 5.74) is 11.7. The number of aliphatic hydroxyl groups excluding tert-OH is 1. The molecule has 196 valence electrons. The number of benzene rings is 1. The number of unbranched alkanes of at least 4 members (excludes halogenated alkanes) is 1. The first-order valence-corrected chi connectivity index (χ1v) is 11.8. The van der Waals surface area contributed by atoms with E-state index in [0.717, 1.165) is 0 Å². The summed E-state index contributed by atoms with van der Waals surface area (Å²) in [6, 6.07) is 1.01. The van der Waals surface area contributed by atoms with Crippen LogP contribution in [0.5, 0.6) is 5.75 Å². The Balaban J connectivity index is 2.99. The Bertz CT molecular complexity index is 853. The highest BCUT2D eigenvalue weighted by Crippen LogP contribution is 2.12. The van der Waals surface area contributed by atoms with Crippen molar-refractivity contribution in [1.29, 1.82) is 0 Å². The van der Waals surface area contributed by atoms with E-state index in [4.69, 9.17) is 11.5 Å². The van der Waals surface area contributed by atoms with Gasteiger partial charge in [0, 0.05) is 12.2 Å². The molecule has 13 heteroatoms. The van der Waals surface area contributed by atoms with Crippen LogP contribution in [0.1, 0.15) is 31.7 Å². The second-order valence-electron chi connectivity index (χ2n) is 8.13. The first kappa shape index (κ1) is 30.2. The van der Waals surface area contributed by atoms with Gasteiger partial charge in [0.05, 0.1) is 12.1 Å². The molecular weight excluding hydrogens is 478 g/mol. The van der Waals surface area contributed by atoms with Gasteiger partial charge in [0.2, 0.25) is 17.7 Å². The predicted molar refractivity (Wildman–Crippen MR) is 132 cm³/mol. The van der Waals surface area contributed by atoms with Crippen LogP contribution in [0.4, 0.5) is 0 Å². The molecule has 10 N–H and O–H groups in total. The monoisotopic (exact) mass is 513 g/mol. The highest BCUT2D eigenvalue weighted by molar-refractivity contribution is 7.80. The number of carboxylic acid groups (broad SMARTS) is 1. The zero-order chi connectivity index (χ0) is 26.5. The average molecular weight is 514 g/mol. The Morgan fingerprint density at radius 2 is 1.57 bits per heavy atom. The number of carboxylic acids is 1. The van der Waals surface area contributed by atoms with E-state index in [0.29, 0.717) is 24.9 Å². The van der Waals surface area contributed by atoms with Gasteiger partial charge >= 0.3 is 5.97 Å². The molecule has 3 amide bonds. The van der Waals surface area contributed by atoms with Crippen molar-refractivity contribution in [1.82, 2.24) is 16.0 Å². The van der Waals surface area contributed by atoms with Gasteiger partial charge < -0.3 is 42.7 Å². The van der Waals surface area contributed by atoms with E-state index in [1.54, 1.807) is 0 Å². The van der Waals surface area contributed by atoms with Gasteiger partial charge in [0.25, 0.3) is 0 Å². The minimum Gasteiger partial charge on any atom is -0.508 e. The number of aliphatic hydroxyl groups is 1. The number of aromatic hydroxyl groups is 1. The third-order valence-electron chi connectivity index (χ3n) is 5.17. The van der Waals surface area contributed by atoms with Crippen molar-refractivity contribution in [2.24, 2.45) is 11.5 Å². The van der Waals surface area contributed by atoms with E-state index in [1.807, 2.05) is 0 Å². The van der Waals surface area contributed by atoms with Crippen molar-refractivity contribution < 1.29 is 34.5 Å². The molecule has 12 nitrogen and oxygen atoms in total. The van der Waals surface area contributed by atoms with Crippen molar-refractivity contribution in [3.05, 3.63) is 29.8 Å². The number of rotatable bonds is 15. The van der Waals surface area contributed by atoms with Gasteiger partial charge in [-0.3, -0.25) is 14.4 Å². The Kier molecular flexibility index (Phi) is 13.1. The first-order chi connectivity index (χ1) is 16.5. The maximum atomic E-state index is 13.0. The van der Waals surface area contributed by atoms with Crippen molar-refractivity contribution in [3.63, 3.8) is 0 Å². The topological polar surface area (TPSA) is 217 Å². The summed E-state index contributed by atoms with van der Waals surface area (Å²) in [5.74, 6) is -3.54. The van der Waals surface area contributed by atoms with Crippen LogP contribution in [0.3, 0.4) is 0 Å². The van der Waals surface area contributed by atoms with Crippen molar-refractivity contribution in [2.75, 3.05) is 12.3 Å². The zero-order valence-corrected chi connectivity index (χ0v) is 20.4. The Labute approximate surface area is 209 Å². The lowest BCUT2D eigenvalue weighted by Crippen LogP contribution is -2.60. The fourth-order valence-corrected chi connectivity index (χ4v) is 3.28. The second kappa shape index (κ2) is 15.2. The van der Waals surface area contributed by atoms with Crippen LogP contribution in [-0.2, 0) is 25.6 Å². The molecule has 1 aromatic carbocycles. The highest BCUT2D eigenvalue weighted by atomic mass is 32.1. The molecule has 0 heterocycles. The summed E-state index contributed by atoms with van der Waals surface area (Å²) in [5, 5.41) is 36.2. The molecule has 35 heavy (non-hydrogen) atoms. The Morgan fingerprint density at radius 1 is 0.971 bits per heavy atom. The summed E-state index contributed by atoms with van der Waals surface area (Å²) in [7, 11) is 0. The molecule has 0 spiro atoms. The van der Waals surface area contributed by atoms with Crippen LogP contribution in [0, 0.1) is 0 Å². The Morgan fingerprint density at radius 3 is 2.09 bits per heavy atom. The van der Waals surface area contributed by atoms with E-state index < -0.39 is 54.0 Å². The van der Waals surface area contributed by atoms with Crippen LogP contribution in [0.15, 0.2) is 24.3 Å². The van der Waals surface area contributed by atoms with E-state index in [1.165, 1.54) is 31.2 Å². The lowest BCUT2D eigenvalue weighted by atomic mass is 10.0. The zero-order valence-electron chi connectivity index (χ0n) is 19.5. The normalized spacial score (nSPS) is 15.2. The lowest BCUT2D eigenvalue weighted by Gasteiger charge is -2.26. The predicted octanol–water partition coefficient (Wildman–Crippen LogP) is -1.76. The second-order valence-corrected chi connectivity index (χ2v) is 8.50. The smallest absolute Gasteiger partial charge is 0.326 e. The first-order valence-electron chi connectivity index (χ1n) is 11.2. The summed E-state index contributed by atoms with van der Waals surface area (Å²) in [6.45, 7) is 1.65. The molecule has 0 saturated carbocycles. The van der Waals surface area contributed by atoms with Gasteiger partial charge in [-0.1, -0.05) is 12.1 Å². The molecule has 0 aliphatic rings. The van der Waals surface area contributed by atoms with Crippen LogP contribution >= 0.6 is 12.6 Å². The van der Waals surface area contributed by atoms with E-state index >= 15 is 0 Å². The van der Waals surface area contributed by atoms with Gasteiger partial charge in [-0.25, -0.2) is 4.79 Å². The standard InChI is InChI=1S/C22H35N5O7S/c1-12(28)18(27-19(30)15(24)11-35)21(32)25-16(4-2-3-9-23)20(31)26-17(22(33)34)10-13-5-7-14(29)8-6-13/h5-8,12,15-18,28-29,35H,2-4,9-11,23-24H2,1H3,(H,25,32)(H,26,31)(H,27,30)(H,33,34). The maximum Gasteiger partial charge on any atom is 0.326 e. The molecular formula is C22H35N5O7S. The van der Waals surface area contributed by atoms with Gasteiger partial charge in [-0.2, -0.15) is 12.6 Å². The number of phenols is 1. The van der Waals surface area contributed by atoms with E-state index in [2.05, 4.69) is 28.6 Å². The summed E-state index contributed by atoms with van der Waals surface area (Å²) < 4.78 is 0. The van der Waals surface area contributed by atoms with Gasteiger partial charge in [-0.05, 0) is 50.4 Å². The van der Waals surface area contributed by atoms with Crippen molar-refractivity contribution >= 4 is 36.3 Å². The number of nitrogens with one attached hydrogen (secondary N) is 3. The van der Waals surface area contributed by atoms with Crippen LogP contribution in [0.25, 0.3) is 0 Å². The van der Waals surface area contributed by atoms with Crippen LogP contribution < -0.4 is 27.4 Å². The molecule has 1 rings (SSSR count).